The van der Waals surface area contributed by atoms with Crippen molar-refractivity contribution in [2.75, 3.05) is 0 Å². The second-order valence-electron chi connectivity index (χ2n) is 6.57. The minimum Gasteiger partial charge on any atom is -0.378 e. The van der Waals surface area contributed by atoms with Gasteiger partial charge in [0.05, 0.1) is 0 Å². The van der Waals surface area contributed by atoms with Crippen LogP contribution in [0.1, 0.15) is 35.6 Å². The van der Waals surface area contributed by atoms with Gasteiger partial charge in [-0.05, 0) is 39.0 Å². The van der Waals surface area contributed by atoms with Gasteiger partial charge in [0.2, 0.25) is 0 Å². The molecule has 0 radical (unpaired) electrons. The number of hydrogen-bond donors (Lipinski definition) is 2. The largest absolute Gasteiger partial charge is 0.378 e. The number of nitrogens with two attached hydrogens (primary N) is 1. The maximum absolute atomic E-state index is 11.7. The molecule has 0 spiro atoms. The highest BCUT2D eigenvalue weighted by atomic mass is 16.3. The fraction of sp³-hybridized carbons (Fsp3) is 0.200. The van der Waals surface area contributed by atoms with E-state index in [4.69, 9.17) is 5.73 Å². The Morgan fingerprint density at radius 3 is 2.63 bits per heavy atom. The van der Waals surface area contributed by atoms with Crippen LogP contribution in [0.5, 0.6) is 0 Å². The van der Waals surface area contributed by atoms with Crippen molar-refractivity contribution < 1.29 is 9.90 Å². The zero-order valence-corrected chi connectivity index (χ0v) is 15.3. The second-order valence-corrected chi connectivity index (χ2v) is 6.57. The molecule has 27 heavy (non-hydrogen) atoms. The van der Waals surface area contributed by atoms with Crippen LogP contribution in [0.4, 0.5) is 0 Å². The molecule has 3 N–H and O–H groups in total. The third kappa shape index (κ3) is 4.37. The van der Waals surface area contributed by atoms with Crippen molar-refractivity contribution in [1.82, 2.24) is 19.7 Å². The summed E-state index contributed by atoms with van der Waals surface area (Å²) in [6.45, 7) is 5.11. The molecule has 0 aliphatic rings. The smallest absolute Gasteiger partial charge is 0.267 e. The van der Waals surface area contributed by atoms with Gasteiger partial charge in [-0.3, -0.25) is 4.79 Å². The van der Waals surface area contributed by atoms with E-state index in [1.165, 1.54) is 6.07 Å². The zero-order valence-electron chi connectivity index (χ0n) is 15.3. The lowest BCUT2D eigenvalue weighted by molar-refractivity contribution is 0.0995. The van der Waals surface area contributed by atoms with Crippen LogP contribution in [0.3, 0.4) is 0 Å². The Morgan fingerprint density at radius 1 is 1.22 bits per heavy atom. The topological polar surface area (TPSA) is 107 Å². The van der Waals surface area contributed by atoms with Gasteiger partial charge >= 0.3 is 0 Å². The highest BCUT2D eigenvalue weighted by Gasteiger charge is 2.13. The Bertz CT molecular complexity index is 1070. The first-order valence-corrected chi connectivity index (χ1v) is 8.29. The lowest BCUT2D eigenvalue weighted by Crippen LogP contribution is -2.16. The number of benzene rings is 1. The summed E-state index contributed by atoms with van der Waals surface area (Å²) in [5, 5.41) is 14.0. The molecule has 0 bridgehead atoms. The number of rotatable bonds is 3. The maximum atomic E-state index is 11.7. The van der Waals surface area contributed by atoms with E-state index in [0.717, 1.165) is 5.69 Å². The monoisotopic (exact) mass is 361 g/mol. The molecular formula is C20H19N5O2. The molecule has 136 valence electrons. The van der Waals surface area contributed by atoms with E-state index in [0.29, 0.717) is 22.8 Å². The molecule has 7 heteroatoms. The van der Waals surface area contributed by atoms with Crippen molar-refractivity contribution >= 4 is 5.91 Å². The molecule has 1 aromatic carbocycles. The summed E-state index contributed by atoms with van der Waals surface area (Å²) < 4.78 is 1.61. The maximum Gasteiger partial charge on any atom is 0.267 e. The van der Waals surface area contributed by atoms with Crippen LogP contribution >= 0.6 is 0 Å². The predicted molar refractivity (Wildman–Crippen MR) is 101 cm³/mol. The molecule has 0 aliphatic heterocycles. The quantitative estimate of drug-likeness (QED) is 0.693. The van der Waals surface area contributed by atoms with Crippen molar-refractivity contribution in [3.63, 3.8) is 0 Å². The lowest BCUT2D eigenvalue weighted by atomic mass is 10.1. The second kappa shape index (κ2) is 7.02. The SMILES string of the molecule is Cc1ccnn1-c1cc(C(N)=O)nc(-c2cccc(C#CC(C)(C)O)c2)n1. The van der Waals surface area contributed by atoms with E-state index < -0.39 is 11.5 Å². The van der Waals surface area contributed by atoms with E-state index in [2.05, 4.69) is 26.9 Å². The zero-order chi connectivity index (χ0) is 19.6. The average Bonchev–Trinajstić information content (AvgIpc) is 3.05. The standard InChI is InChI=1S/C20H19N5O2/c1-13-8-10-22-25(13)17-12-16(18(21)26)23-19(24-17)15-6-4-5-14(11-15)7-9-20(2,3)27/h4-6,8,10-12,27H,1-3H3,(H2,21,26). The van der Waals surface area contributed by atoms with Crippen molar-refractivity contribution in [2.24, 2.45) is 5.73 Å². The molecule has 0 fully saturated rings. The molecule has 0 saturated heterocycles. The van der Waals surface area contributed by atoms with Crippen LogP contribution in [0.15, 0.2) is 42.6 Å². The minimum atomic E-state index is -1.09. The number of aliphatic hydroxyl groups is 1. The summed E-state index contributed by atoms with van der Waals surface area (Å²) in [5.41, 5.74) is 6.67. The Morgan fingerprint density at radius 2 is 2.00 bits per heavy atom. The third-order valence-electron chi connectivity index (χ3n) is 3.65. The number of carbonyl (C=O) groups excluding carboxylic acids is 1. The number of nitrogens with zero attached hydrogens (tertiary/aromatic N) is 4. The van der Waals surface area contributed by atoms with Crippen LogP contribution in [0.25, 0.3) is 17.2 Å². The molecule has 1 amide bonds. The first-order valence-electron chi connectivity index (χ1n) is 8.29. The van der Waals surface area contributed by atoms with E-state index in [9.17, 15) is 9.90 Å². The Labute approximate surface area is 156 Å². The number of primary amides is 1. The van der Waals surface area contributed by atoms with E-state index in [1.807, 2.05) is 31.2 Å². The fourth-order valence-corrected chi connectivity index (χ4v) is 2.37. The first-order chi connectivity index (χ1) is 12.7. The van der Waals surface area contributed by atoms with Gasteiger partial charge < -0.3 is 10.8 Å². The molecule has 0 unspecified atom stereocenters. The van der Waals surface area contributed by atoms with Gasteiger partial charge in [0, 0.05) is 29.1 Å². The highest BCUT2D eigenvalue weighted by Crippen LogP contribution is 2.19. The molecule has 0 atom stereocenters. The Kier molecular flexibility index (Phi) is 4.75. The number of aromatic nitrogens is 4. The molecule has 2 heterocycles. The highest BCUT2D eigenvalue weighted by molar-refractivity contribution is 5.91. The molecule has 7 nitrogen and oxygen atoms in total. The van der Waals surface area contributed by atoms with Crippen molar-refractivity contribution in [3.05, 3.63) is 59.5 Å². The minimum absolute atomic E-state index is 0.0953. The van der Waals surface area contributed by atoms with Gasteiger partial charge in [-0.1, -0.05) is 24.0 Å². The lowest BCUT2D eigenvalue weighted by Gasteiger charge is -2.09. The summed E-state index contributed by atoms with van der Waals surface area (Å²) in [5.74, 6) is 5.82. The van der Waals surface area contributed by atoms with Gasteiger partial charge in [-0.2, -0.15) is 5.10 Å². The molecule has 0 saturated carbocycles. The van der Waals surface area contributed by atoms with Crippen LogP contribution in [0.2, 0.25) is 0 Å². The van der Waals surface area contributed by atoms with Crippen molar-refractivity contribution in [3.8, 4) is 29.0 Å². The Hall–Kier alpha value is -3.50. The predicted octanol–water partition coefficient (Wildman–Crippen LogP) is 1.86. The van der Waals surface area contributed by atoms with Crippen LogP contribution in [-0.4, -0.2) is 36.4 Å². The fourth-order valence-electron chi connectivity index (χ4n) is 2.37. The van der Waals surface area contributed by atoms with Crippen LogP contribution < -0.4 is 5.73 Å². The van der Waals surface area contributed by atoms with Crippen molar-refractivity contribution in [2.45, 2.75) is 26.4 Å². The summed E-state index contributed by atoms with van der Waals surface area (Å²) in [6.07, 6.45) is 1.65. The number of carbonyl (C=O) groups is 1. The Balaban J connectivity index is 2.11. The van der Waals surface area contributed by atoms with Crippen molar-refractivity contribution in [1.29, 1.82) is 0 Å². The van der Waals surface area contributed by atoms with Crippen LogP contribution in [0, 0.1) is 18.8 Å². The van der Waals surface area contributed by atoms with Gasteiger partial charge in [0.1, 0.15) is 11.3 Å². The number of aryl methyl sites for hydroxylation is 1. The van der Waals surface area contributed by atoms with Gasteiger partial charge in [-0.15, -0.1) is 0 Å². The summed E-state index contributed by atoms with van der Waals surface area (Å²) in [7, 11) is 0. The van der Waals surface area contributed by atoms with Gasteiger partial charge in [0.15, 0.2) is 11.6 Å². The molecular weight excluding hydrogens is 342 g/mol. The van der Waals surface area contributed by atoms with Gasteiger partial charge in [-0.25, -0.2) is 14.6 Å². The average molecular weight is 361 g/mol. The van der Waals surface area contributed by atoms with E-state index >= 15 is 0 Å². The normalized spacial score (nSPS) is 11.0. The molecule has 0 aliphatic carbocycles. The molecule has 3 aromatic rings. The number of amides is 1. The first kappa shape index (κ1) is 18.3. The van der Waals surface area contributed by atoms with Gasteiger partial charge in [0.25, 0.3) is 5.91 Å². The summed E-state index contributed by atoms with van der Waals surface area (Å²) in [4.78, 5) is 20.5. The number of hydrogen-bond acceptors (Lipinski definition) is 5. The van der Waals surface area contributed by atoms with Crippen LogP contribution in [-0.2, 0) is 0 Å². The summed E-state index contributed by atoms with van der Waals surface area (Å²) in [6, 6.07) is 10.6. The summed E-state index contributed by atoms with van der Waals surface area (Å²) >= 11 is 0. The third-order valence-corrected chi connectivity index (χ3v) is 3.65. The van der Waals surface area contributed by atoms with E-state index in [-0.39, 0.29) is 5.69 Å². The molecule has 2 aromatic heterocycles. The van der Waals surface area contributed by atoms with E-state index in [1.54, 1.807) is 30.8 Å². The molecule has 3 rings (SSSR count).